The number of halogens is 2. The number of rotatable bonds is 2. The van der Waals surface area contributed by atoms with Crippen molar-refractivity contribution >= 4 is 22.3 Å². The minimum Gasteiger partial charge on any atom is -0.494 e. The summed E-state index contributed by atoms with van der Waals surface area (Å²) in [7, 11) is -0.526. The van der Waals surface area contributed by atoms with Crippen LogP contribution in [0.5, 0.6) is 11.5 Å². The summed E-state index contributed by atoms with van der Waals surface area (Å²) in [6, 6.07) is 9.86. The Morgan fingerprint density at radius 1 is 1.03 bits per heavy atom. The lowest BCUT2D eigenvalue weighted by Crippen LogP contribution is -2.03. The van der Waals surface area contributed by atoms with Gasteiger partial charge in [-0.2, -0.15) is 0 Å². The van der Waals surface area contributed by atoms with Crippen LogP contribution in [0, 0.1) is 16.4 Å². The highest BCUT2D eigenvalue weighted by atomic mass is 32.2. The third-order valence-electron chi connectivity index (χ3n) is 4.87. The molecular formula is C23H24F2N4O2S. The maximum absolute atomic E-state index is 14.5. The second kappa shape index (κ2) is 10.0. The molecule has 6 nitrogen and oxygen atoms in total. The number of hydrogen-bond acceptors (Lipinski definition) is 6. The van der Waals surface area contributed by atoms with Crippen molar-refractivity contribution in [3.63, 3.8) is 0 Å². The van der Waals surface area contributed by atoms with Gasteiger partial charge < -0.3 is 14.8 Å². The molecule has 168 valence electrons. The van der Waals surface area contributed by atoms with Crippen LogP contribution in [0.15, 0.2) is 42.6 Å². The highest BCUT2D eigenvalue weighted by Gasteiger charge is 2.14. The molecule has 0 fully saturated rings. The second-order valence-electron chi connectivity index (χ2n) is 7.57. The maximum Gasteiger partial charge on any atom is 0.227 e. The minimum absolute atomic E-state index is 0.0468. The number of anilines is 2. The lowest BCUT2D eigenvalue weighted by Gasteiger charge is -2.13. The molecule has 0 aliphatic carbocycles. The Labute approximate surface area is 187 Å². The van der Waals surface area contributed by atoms with E-state index in [-0.39, 0.29) is 17.4 Å². The predicted molar refractivity (Wildman–Crippen MR) is 122 cm³/mol. The van der Waals surface area contributed by atoms with Gasteiger partial charge in [0.25, 0.3) is 0 Å². The summed E-state index contributed by atoms with van der Waals surface area (Å²) >= 11 is 0. The van der Waals surface area contributed by atoms with Crippen molar-refractivity contribution in [2.75, 3.05) is 24.8 Å². The molecule has 1 aliphatic rings. The van der Waals surface area contributed by atoms with Crippen LogP contribution in [0.1, 0.15) is 24.8 Å². The summed E-state index contributed by atoms with van der Waals surface area (Å²) in [4.78, 5) is 8.37. The predicted octanol–water partition coefficient (Wildman–Crippen LogP) is 5.62. The quantitative estimate of drug-likeness (QED) is 0.521. The van der Waals surface area contributed by atoms with Gasteiger partial charge in [-0.25, -0.2) is 18.7 Å². The first-order valence-corrected chi connectivity index (χ1v) is 12.1. The molecule has 0 saturated carbocycles. The number of fused-ring (bicyclic) bond motifs is 7. The van der Waals surface area contributed by atoms with Gasteiger partial charge in [-0.05, 0) is 61.4 Å². The van der Waals surface area contributed by atoms with Crippen LogP contribution < -0.4 is 14.8 Å². The van der Waals surface area contributed by atoms with E-state index < -0.39 is 22.3 Å². The molecule has 0 amide bonds. The largest absolute Gasteiger partial charge is 0.494 e. The third kappa shape index (κ3) is 5.59. The summed E-state index contributed by atoms with van der Waals surface area (Å²) in [5.74, 6) is 0.423. The van der Waals surface area contributed by atoms with E-state index in [9.17, 15) is 8.78 Å². The summed E-state index contributed by atoms with van der Waals surface area (Å²) < 4.78 is 48.2. The maximum atomic E-state index is 14.5. The van der Waals surface area contributed by atoms with Crippen molar-refractivity contribution in [3.8, 4) is 22.8 Å². The lowest BCUT2D eigenvalue weighted by molar-refractivity contribution is 0.272. The molecule has 9 heteroatoms. The molecular weight excluding hydrogens is 434 g/mol. The van der Waals surface area contributed by atoms with E-state index in [1.165, 1.54) is 18.2 Å². The zero-order valence-corrected chi connectivity index (χ0v) is 18.5. The van der Waals surface area contributed by atoms with Crippen molar-refractivity contribution in [3.05, 3.63) is 59.8 Å². The number of benzene rings is 2. The minimum atomic E-state index is -0.618. The zero-order valence-electron chi connectivity index (χ0n) is 17.7. The Morgan fingerprint density at radius 2 is 1.84 bits per heavy atom. The van der Waals surface area contributed by atoms with Gasteiger partial charge in [0, 0.05) is 23.1 Å². The van der Waals surface area contributed by atoms with Crippen LogP contribution in [-0.4, -0.2) is 29.4 Å². The molecule has 2 heterocycles. The highest BCUT2D eigenvalue weighted by Crippen LogP contribution is 2.29. The second-order valence-corrected chi connectivity index (χ2v) is 9.13. The Hall–Kier alpha value is -3.07. The summed E-state index contributed by atoms with van der Waals surface area (Å²) in [6.07, 6.45) is 5.36. The fourth-order valence-corrected chi connectivity index (χ4v) is 4.09. The number of hydrogen-bond donors (Lipinski definition) is 2. The van der Waals surface area contributed by atoms with Crippen LogP contribution >= 0.6 is 0 Å². The van der Waals surface area contributed by atoms with Gasteiger partial charge in [0.15, 0.2) is 17.4 Å². The van der Waals surface area contributed by atoms with Crippen molar-refractivity contribution in [2.24, 2.45) is 0 Å². The van der Waals surface area contributed by atoms with E-state index in [0.717, 1.165) is 31.0 Å². The first-order valence-electron chi connectivity index (χ1n) is 10.3. The first-order chi connectivity index (χ1) is 15.5. The fourth-order valence-electron chi connectivity index (χ4n) is 3.42. The van der Waals surface area contributed by atoms with Crippen LogP contribution in [0.2, 0.25) is 0 Å². The topological polar surface area (TPSA) is 80.1 Å². The fraction of sp³-hybridized carbons (Fsp3) is 0.304. The van der Waals surface area contributed by atoms with Crippen molar-refractivity contribution < 1.29 is 18.3 Å². The Bertz CT molecular complexity index is 1140. The Kier molecular flexibility index (Phi) is 6.94. The van der Waals surface area contributed by atoms with E-state index in [1.54, 1.807) is 0 Å². The van der Waals surface area contributed by atoms with Gasteiger partial charge >= 0.3 is 0 Å². The van der Waals surface area contributed by atoms with Gasteiger partial charge in [0.1, 0.15) is 11.4 Å². The molecule has 6 bridgehead atoms. The molecule has 2 aromatic carbocycles. The summed E-state index contributed by atoms with van der Waals surface area (Å²) in [5.41, 5.74) is 2.09. The van der Waals surface area contributed by atoms with E-state index >= 15 is 0 Å². The van der Waals surface area contributed by atoms with Crippen LogP contribution in [0.4, 0.5) is 20.4 Å². The SMILES string of the molecule is CS(=N)Cc1cc2cc(c1)OCCCCCOc1cc(ccc1F)-c1nc(ncc1F)N2. The molecule has 3 aromatic rings. The number of nitrogens with zero attached hydrogens (tertiary/aromatic N) is 2. The van der Waals surface area contributed by atoms with Crippen molar-refractivity contribution in [2.45, 2.75) is 25.0 Å². The van der Waals surface area contributed by atoms with E-state index in [1.807, 2.05) is 24.5 Å². The molecule has 1 aromatic heterocycles. The molecule has 32 heavy (non-hydrogen) atoms. The van der Waals surface area contributed by atoms with Crippen LogP contribution in [0.25, 0.3) is 11.3 Å². The molecule has 0 radical (unpaired) electrons. The van der Waals surface area contributed by atoms with Gasteiger partial charge in [0.05, 0.1) is 19.4 Å². The average Bonchev–Trinajstić information content (AvgIpc) is 2.74. The van der Waals surface area contributed by atoms with Crippen LogP contribution in [0.3, 0.4) is 0 Å². The Morgan fingerprint density at radius 3 is 2.66 bits per heavy atom. The highest BCUT2D eigenvalue weighted by molar-refractivity contribution is 7.84. The van der Waals surface area contributed by atoms with Crippen molar-refractivity contribution in [1.29, 1.82) is 4.78 Å². The zero-order chi connectivity index (χ0) is 22.5. The van der Waals surface area contributed by atoms with Crippen molar-refractivity contribution in [1.82, 2.24) is 9.97 Å². The number of aromatic nitrogens is 2. The number of ether oxygens (including phenoxy) is 2. The molecule has 0 saturated heterocycles. The third-order valence-corrected chi connectivity index (χ3v) is 5.64. The van der Waals surface area contributed by atoms with E-state index in [2.05, 4.69) is 15.3 Å². The van der Waals surface area contributed by atoms with E-state index in [4.69, 9.17) is 14.3 Å². The molecule has 0 spiro atoms. The number of nitrogens with one attached hydrogen (secondary N) is 2. The van der Waals surface area contributed by atoms with Gasteiger partial charge in [-0.15, -0.1) is 10.7 Å². The Balaban J connectivity index is 1.74. The van der Waals surface area contributed by atoms with Crippen LogP contribution in [-0.2, 0) is 16.4 Å². The van der Waals surface area contributed by atoms with E-state index in [0.29, 0.717) is 36.0 Å². The summed E-state index contributed by atoms with van der Waals surface area (Å²) in [5, 5.41) is 3.11. The standard InChI is InChI=1S/C23H24F2N4O2S/c1-32(26)14-15-9-17-12-18(10-15)30-7-3-2-4-8-31-21-11-16(5-6-19(21)24)22-20(25)13-27-23(28-17)29-22/h5-6,9-13,26H,2-4,7-8,14H2,1H3,(H,27,28,29). The summed E-state index contributed by atoms with van der Waals surface area (Å²) in [6.45, 7) is 0.879. The molecule has 2 N–H and O–H groups in total. The monoisotopic (exact) mass is 458 g/mol. The average molecular weight is 459 g/mol. The molecule has 1 aliphatic heterocycles. The van der Waals surface area contributed by atoms with Gasteiger partial charge in [-0.1, -0.05) is 0 Å². The first kappa shape index (κ1) is 22.1. The smallest absolute Gasteiger partial charge is 0.227 e. The molecule has 1 atom stereocenters. The normalized spacial score (nSPS) is 15.0. The van der Waals surface area contributed by atoms with Gasteiger partial charge in [0.2, 0.25) is 5.95 Å². The lowest BCUT2D eigenvalue weighted by atomic mass is 10.1. The molecule has 4 rings (SSSR count). The van der Waals surface area contributed by atoms with Gasteiger partial charge in [-0.3, -0.25) is 4.78 Å². The molecule has 1 unspecified atom stereocenters.